The number of nitrogens with one attached hydrogen (secondary N) is 2. The molecule has 0 unspecified atom stereocenters. The van der Waals surface area contributed by atoms with Crippen molar-refractivity contribution in [2.24, 2.45) is 5.41 Å². The standard InChI is InChI=1S/C31H32N6O2/c1-20-9-6-7-12-25(20)26-16-22-19-34-30(33-5)36-27(22)37(29(26)39)14-13-21-10-8-11-24(15-21)35-28(38)23(18-32)17-31(2,3)4/h6-12,15-17,19H,13-14H2,1-5H3,(H,35,38)(H,33,34,36)/b23-17+. The van der Waals surface area contributed by atoms with Crippen LogP contribution in [0.1, 0.15) is 31.9 Å². The molecule has 2 heterocycles. The Hall–Kier alpha value is -4.77. The van der Waals surface area contributed by atoms with Crippen molar-refractivity contribution >= 4 is 28.6 Å². The number of anilines is 2. The average Bonchev–Trinajstić information content (AvgIpc) is 2.90. The normalized spacial score (nSPS) is 11.7. The number of nitrogens with zero attached hydrogens (tertiary/aromatic N) is 4. The van der Waals surface area contributed by atoms with E-state index in [0.717, 1.165) is 22.1 Å². The van der Waals surface area contributed by atoms with Crippen molar-refractivity contribution in [1.82, 2.24) is 14.5 Å². The molecule has 2 aromatic carbocycles. The molecule has 39 heavy (non-hydrogen) atoms. The molecule has 4 rings (SSSR count). The second-order valence-corrected chi connectivity index (χ2v) is 10.5. The molecule has 0 aliphatic heterocycles. The van der Waals surface area contributed by atoms with Crippen LogP contribution in [0.5, 0.6) is 0 Å². The number of benzene rings is 2. The van der Waals surface area contributed by atoms with Gasteiger partial charge in [-0.05, 0) is 53.6 Å². The number of hydrogen-bond acceptors (Lipinski definition) is 6. The Kier molecular flexibility index (Phi) is 7.91. The van der Waals surface area contributed by atoms with E-state index in [1.807, 2.05) is 82.3 Å². The van der Waals surface area contributed by atoms with E-state index >= 15 is 0 Å². The van der Waals surface area contributed by atoms with E-state index in [9.17, 15) is 14.9 Å². The second-order valence-electron chi connectivity index (χ2n) is 10.5. The first kappa shape index (κ1) is 27.3. The smallest absolute Gasteiger partial charge is 0.265 e. The first-order chi connectivity index (χ1) is 18.6. The van der Waals surface area contributed by atoms with Crippen molar-refractivity contribution < 1.29 is 4.79 Å². The Morgan fingerprint density at radius 1 is 1.10 bits per heavy atom. The van der Waals surface area contributed by atoms with E-state index in [4.69, 9.17) is 0 Å². The van der Waals surface area contributed by atoms with Crippen molar-refractivity contribution in [3.8, 4) is 17.2 Å². The Bertz CT molecular complexity index is 1670. The van der Waals surface area contributed by atoms with Crippen molar-refractivity contribution in [1.29, 1.82) is 5.26 Å². The zero-order valence-corrected chi connectivity index (χ0v) is 22.9. The summed E-state index contributed by atoms with van der Waals surface area (Å²) in [4.78, 5) is 35.4. The van der Waals surface area contributed by atoms with Crippen molar-refractivity contribution in [2.45, 2.75) is 40.7 Å². The van der Waals surface area contributed by atoms with Gasteiger partial charge in [-0.15, -0.1) is 0 Å². The van der Waals surface area contributed by atoms with Gasteiger partial charge in [-0.1, -0.05) is 63.2 Å². The predicted octanol–water partition coefficient (Wildman–Crippen LogP) is 5.49. The number of fused-ring (bicyclic) bond motifs is 1. The van der Waals surface area contributed by atoms with Crippen molar-refractivity contribution in [2.75, 3.05) is 17.7 Å². The maximum absolute atomic E-state index is 13.8. The third kappa shape index (κ3) is 6.39. The van der Waals surface area contributed by atoms with Crippen LogP contribution in [0.4, 0.5) is 11.6 Å². The highest BCUT2D eigenvalue weighted by molar-refractivity contribution is 6.06. The highest BCUT2D eigenvalue weighted by Gasteiger charge is 2.16. The Labute approximate surface area is 228 Å². The molecule has 0 saturated carbocycles. The van der Waals surface area contributed by atoms with Crippen molar-refractivity contribution in [3.63, 3.8) is 0 Å². The molecule has 0 atom stereocenters. The zero-order valence-electron chi connectivity index (χ0n) is 22.9. The van der Waals surface area contributed by atoms with E-state index < -0.39 is 5.91 Å². The molecule has 0 aliphatic rings. The molecule has 4 aromatic rings. The number of rotatable bonds is 7. The van der Waals surface area contributed by atoms with E-state index in [-0.39, 0.29) is 16.5 Å². The topological polar surface area (TPSA) is 113 Å². The highest BCUT2D eigenvalue weighted by Crippen LogP contribution is 2.24. The quantitative estimate of drug-likeness (QED) is 0.246. The first-order valence-electron chi connectivity index (χ1n) is 12.8. The van der Waals surface area contributed by atoms with Gasteiger partial charge in [0, 0.05) is 36.4 Å². The van der Waals surface area contributed by atoms with Gasteiger partial charge in [0.1, 0.15) is 17.3 Å². The molecule has 0 saturated heterocycles. The zero-order chi connectivity index (χ0) is 28.2. The first-order valence-corrected chi connectivity index (χ1v) is 12.8. The minimum absolute atomic E-state index is 0.0685. The molecule has 0 bridgehead atoms. The number of amides is 1. The summed E-state index contributed by atoms with van der Waals surface area (Å²) in [6.45, 7) is 8.16. The van der Waals surface area contributed by atoms with Gasteiger partial charge in [-0.25, -0.2) is 4.98 Å². The Morgan fingerprint density at radius 3 is 2.56 bits per heavy atom. The van der Waals surface area contributed by atoms with Gasteiger partial charge in [-0.3, -0.25) is 14.2 Å². The lowest BCUT2D eigenvalue weighted by Crippen LogP contribution is -2.24. The van der Waals surface area contributed by atoms with Crippen LogP contribution in [0.15, 0.2) is 77.2 Å². The van der Waals surface area contributed by atoms with Gasteiger partial charge in [0.15, 0.2) is 0 Å². The molecule has 1 amide bonds. The van der Waals surface area contributed by atoms with Gasteiger partial charge in [0.25, 0.3) is 11.5 Å². The summed E-state index contributed by atoms with van der Waals surface area (Å²) in [5.41, 5.74) is 4.17. The van der Waals surface area contributed by atoms with Gasteiger partial charge >= 0.3 is 0 Å². The second kappa shape index (κ2) is 11.3. The van der Waals surface area contributed by atoms with E-state index in [0.29, 0.717) is 35.8 Å². The molecule has 0 fully saturated rings. The fraction of sp³-hybridized carbons (Fsp3) is 0.258. The summed E-state index contributed by atoms with van der Waals surface area (Å²) in [6, 6.07) is 19.1. The molecule has 0 spiro atoms. The maximum Gasteiger partial charge on any atom is 0.265 e. The summed E-state index contributed by atoms with van der Waals surface area (Å²) in [5, 5.41) is 16.0. The van der Waals surface area contributed by atoms with Crippen LogP contribution in [0.25, 0.3) is 22.2 Å². The molecule has 0 radical (unpaired) electrons. The van der Waals surface area contributed by atoms with Crippen LogP contribution in [-0.2, 0) is 17.8 Å². The fourth-order valence-corrected chi connectivity index (χ4v) is 4.38. The number of allylic oxidation sites excluding steroid dienone is 1. The number of carbonyl (C=O) groups excluding carboxylic acids is 1. The van der Waals surface area contributed by atoms with Crippen LogP contribution >= 0.6 is 0 Å². The Morgan fingerprint density at radius 2 is 1.87 bits per heavy atom. The SMILES string of the molecule is CNc1ncc2cc(-c3ccccc3C)c(=O)n(CCc3cccc(NC(=O)/C(C#N)=C/C(C)(C)C)c3)c2n1. The molecule has 0 aliphatic carbocycles. The number of aryl methyl sites for hydroxylation is 3. The lowest BCUT2D eigenvalue weighted by Gasteiger charge is -2.15. The van der Waals surface area contributed by atoms with Gasteiger partial charge in [0.2, 0.25) is 5.95 Å². The van der Waals surface area contributed by atoms with Crippen LogP contribution < -0.4 is 16.2 Å². The van der Waals surface area contributed by atoms with Gasteiger partial charge in [0.05, 0.1) is 0 Å². The number of pyridine rings is 1. The number of carbonyl (C=O) groups is 1. The van der Waals surface area contributed by atoms with Crippen LogP contribution in [0.2, 0.25) is 0 Å². The van der Waals surface area contributed by atoms with Crippen LogP contribution in [-0.4, -0.2) is 27.5 Å². The molecule has 198 valence electrons. The third-order valence-electron chi connectivity index (χ3n) is 6.24. The highest BCUT2D eigenvalue weighted by atomic mass is 16.1. The summed E-state index contributed by atoms with van der Waals surface area (Å²) < 4.78 is 1.69. The average molecular weight is 521 g/mol. The summed E-state index contributed by atoms with van der Waals surface area (Å²) in [7, 11) is 1.74. The van der Waals surface area contributed by atoms with E-state index in [1.165, 1.54) is 0 Å². The maximum atomic E-state index is 13.8. The van der Waals surface area contributed by atoms with Crippen LogP contribution in [0, 0.1) is 23.7 Å². The lowest BCUT2D eigenvalue weighted by atomic mass is 9.93. The monoisotopic (exact) mass is 520 g/mol. The molecule has 8 heteroatoms. The molecule has 8 nitrogen and oxygen atoms in total. The molecular weight excluding hydrogens is 488 g/mol. The minimum atomic E-state index is -0.450. The molecule has 2 N–H and O–H groups in total. The van der Waals surface area contributed by atoms with Crippen LogP contribution in [0.3, 0.4) is 0 Å². The largest absolute Gasteiger partial charge is 0.357 e. The van der Waals surface area contributed by atoms with Crippen molar-refractivity contribution in [3.05, 3.63) is 93.9 Å². The molecule has 2 aromatic heterocycles. The summed E-state index contributed by atoms with van der Waals surface area (Å²) in [5.74, 6) is -0.0189. The minimum Gasteiger partial charge on any atom is -0.357 e. The molecular formula is C31H32N6O2. The summed E-state index contributed by atoms with van der Waals surface area (Å²) >= 11 is 0. The van der Waals surface area contributed by atoms with E-state index in [1.54, 1.807) is 30.0 Å². The fourth-order valence-electron chi connectivity index (χ4n) is 4.38. The van der Waals surface area contributed by atoms with Gasteiger partial charge in [-0.2, -0.15) is 10.2 Å². The number of nitriles is 1. The summed E-state index contributed by atoms with van der Waals surface area (Å²) in [6.07, 6.45) is 3.91. The van der Waals surface area contributed by atoms with E-state index in [2.05, 4.69) is 20.6 Å². The lowest BCUT2D eigenvalue weighted by molar-refractivity contribution is -0.112. The van der Waals surface area contributed by atoms with Gasteiger partial charge < -0.3 is 10.6 Å². The predicted molar refractivity (Wildman–Crippen MR) is 155 cm³/mol. The number of hydrogen-bond donors (Lipinski definition) is 2. The Balaban J connectivity index is 1.67. The number of aromatic nitrogens is 3. The third-order valence-corrected chi connectivity index (χ3v) is 6.24.